The first-order valence-corrected chi connectivity index (χ1v) is 7.66. The number of nitrogens with one attached hydrogen (secondary N) is 1. The van der Waals surface area contributed by atoms with Crippen molar-refractivity contribution >= 4 is 10.0 Å². The molecule has 0 aromatic heterocycles. The van der Waals surface area contributed by atoms with E-state index < -0.39 is 10.0 Å². The molecule has 1 aromatic rings. The van der Waals surface area contributed by atoms with E-state index in [9.17, 15) is 8.42 Å². The summed E-state index contributed by atoms with van der Waals surface area (Å²) >= 11 is 0. The Morgan fingerprint density at radius 3 is 2.84 bits per heavy atom. The Morgan fingerprint density at radius 1 is 1.42 bits per heavy atom. The number of rotatable bonds is 2. The van der Waals surface area contributed by atoms with Gasteiger partial charge >= 0.3 is 0 Å². The molecule has 6 heteroatoms. The molecule has 1 aliphatic rings. The molecule has 5 nitrogen and oxygen atoms in total. The predicted molar refractivity (Wildman–Crippen MR) is 72.0 cm³/mol. The van der Waals surface area contributed by atoms with Crippen molar-refractivity contribution in [3.05, 3.63) is 29.8 Å². The standard InChI is InChI=1S/C13H17N3O2S/c1-10-11(2)16(7-6-15-10)19(17,18)13-5-3-4-12(8-13)9-14/h3-5,8,10-11,15H,6-7H2,1-2H3. The molecule has 19 heavy (non-hydrogen) atoms. The zero-order valence-corrected chi connectivity index (χ0v) is 11.8. The molecule has 1 saturated heterocycles. The van der Waals surface area contributed by atoms with E-state index in [1.54, 1.807) is 12.1 Å². The van der Waals surface area contributed by atoms with Crippen LogP contribution >= 0.6 is 0 Å². The zero-order chi connectivity index (χ0) is 14.0. The third kappa shape index (κ3) is 2.63. The number of piperazine rings is 1. The fraction of sp³-hybridized carbons (Fsp3) is 0.462. The highest BCUT2D eigenvalue weighted by Gasteiger charge is 2.34. The second kappa shape index (κ2) is 5.29. The summed E-state index contributed by atoms with van der Waals surface area (Å²) in [6, 6.07) is 8.14. The summed E-state index contributed by atoms with van der Waals surface area (Å²) in [5.41, 5.74) is 0.358. The van der Waals surface area contributed by atoms with Gasteiger partial charge in [0.15, 0.2) is 0 Å². The predicted octanol–water partition coefficient (Wildman–Crippen LogP) is 0.929. The van der Waals surface area contributed by atoms with E-state index in [-0.39, 0.29) is 17.0 Å². The fourth-order valence-corrected chi connectivity index (χ4v) is 3.98. The lowest BCUT2D eigenvalue weighted by atomic mass is 10.1. The first-order valence-electron chi connectivity index (χ1n) is 6.22. The van der Waals surface area contributed by atoms with Gasteiger partial charge in [0, 0.05) is 25.2 Å². The number of hydrogen-bond acceptors (Lipinski definition) is 4. The van der Waals surface area contributed by atoms with Crippen LogP contribution in [0.4, 0.5) is 0 Å². The molecule has 1 fully saturated rings. The van der Waals surface area contributed by atoms with Crippen molar-refractivity contribution in [3.63, 3.8) is 0 Å². The maximum absolute atomic E-state index is 12.6. The van der Waals surface area contributed by atoms with Crippen LogP contribution in [0.5, 0.6) is 0 Å². The highest BCUT2D eigenvalue weighted by molar-refractivity contribution is 7.89. The van der Waals surface area contributed by atoms with Crippen LogP contribution in [0.25, 0.3) is 0 Å². The summed E-state index contributed by atoms with van der Waals surface area (Å²) in [5.74, 6) is 0. The van der Waals surface area contributed by atoms with Crippen molar-refractivity contribution in [1.29, 1.82) is 5.26 Å². The molecule has 0 aliphatic carbocycles. The molecule has 102 valence electrons. The average Bonchev–Trinajstić information content (AvgIpc) is 2.41. The van der Waals surface area contributed by atoms with Gasteiger partial charge in [0.1, 0.15) is 0 Å². The van der Waals surface area contributed by atoms with Gasteiger partial charge in [-0.3, -0.25) is 0 Å². The van der Waals surface area contributed by atoms with E-state index in [0.29, 0.717) is 18.7 Å². The Kier molecular flexibility index (Phi) is 3.90. The molecule has 2 rings (SSSR count). The fourth-order valence-electron chi connectivity index (χ4n) is 2.23. The molecule has 0 bridgehead atoms. The van der Waals surface area contributed by atoms with Crippen molar-refractivity contribution in [3.8, 4) is 6.07 Å². The molecule has 1 aromatic carbocycles. The second-order valence-electron chi connectivity index (χ2n) is 4.74. The minimum absolute atomic E-state index is 0.107. The Labute approximate surface area is 113 Å². The monoisotopic (exact) mass is 279 g/mol. The average molecular weight is 279 g/mol. The second-order valence-corrected chi connectivity index (χ2v) is 6.63. The van der Waals surface area contributed by atoms with E-state index >= 15 is 0 Å². The van der Waals surface area contributed by atoms with Crippen LogP contribution in [-0.2, 0) is 10.0 Å². The Morgan fingerprint density at radius 2 is 2.16 bits per heavy atom. The van der Waals surface area contributed by atoms with E-state index in [1.165, 1.54) is 16.4 Å². The molecule has 1 N–H and O–H groups in total. The minimum atomic E-state index is -3.53. The van der Waals surface area contributed by atoms with Crippen molar-refractivity contribution < 1.29 is 8.42 Å². The van der Waals surface area contributed by atoms with Gasteiger partial charge in [-0.25, -0.2) is 8.42 Å². The van der Waals surface area contributed by atoms with E-state index in [4.69, 9.17) is 5.26 Å². The van der Waals surface area contributed by atoms with Gasteiger partial charge in [0.05, 0.1) is 16.5 Å². The summed E-state index contributed by atoms with van der Waals surface area (Å²) < 4.78 is 26.7. The van der Waals surface area contributed by atoms with Gasteiger partial charge in [0.2, 0.25) is 10.0 Å². The SMILES string of the molecule is CC1NCCN(S(=O)(=O)c2cccc(C#N)c2)C1C. The summed E-state index contributed by atoms with van der Waals surface area (Å²) in [6.45, 7) is 4.95. The molecule has 2 atom stereocenters. The van der Waals surface area contributed by atoms with E-state index in [2.05, 4.69) is 5.32 Å². The topological polar surface area (TPSA) is 73.2 Å². The van der Waals surface area contributed by atoms with Crippen LogP contribution in [0.1, 0.15) is 19.4 Å². The first kappa shape index (κ1) is 14.0. The zero-order valence-electron chi connectivity index (χ0n) is 11.0. The summed E-state index contributed by atoms with van der Waals surface area (Å²) in [7, 11) is -3.53. The molecule has 1 heterocycles. The molecule has 1 aliphatic heterocycles. The Balaban J connectivity index is 2.39. The molecule has 0 saturated carbocycles. The molecule has 0 amide bonds. The third-order valence-electron chi connectivity index (χ3n) is 3.55. The van der Waals surface area contributed by atoms with Crippen LogP contribution in [-0.4, -0.2) is 37.9 Å². The van der Waals surface area contributed by atoms with E-state index in [1.807, 2.05) is 19.9 Å². The number of nitriles is 1. The molecule has 0 radical (unpaired) electrons. The lowest BCUT2D eigenvalue weighted by Gasteiger charge is -2.37. The van der Waals surface area contributed by atoms with Crippen molar-refractivity contribution in [2.45, 2.75) is 30.8 Å². The van der Waals surface area contributed by atoms with E-state index in [0.717, 1.165) is 0 Å². The van der Waals surface area contributed by atoms with Crippen LogP contribution in [0.3, 0.4) is 0 Å². The number of hydrogen-bond donors (Lipinski definition) is 1. The maximum atomic E-state index is 12.6. The molecular weight excluding hydrogens is 262 g/mol. The smallest absolute Gasteiger partial charge is 0.243 e. The Bertz CT molecular complexity index is 607. The normalized spacial score (nSPS) is 24.9. The van der Waals surface area contributed by atoms with Gasteiger partial charge < -0.3 is 5.32 Å². The lowest BCUT2D eigenvalue weighted by molar-refractivity contribution is 0.233. The summed E-state index contributed by atoms with van der Waals surface area (Å²) in [4.78, 5) is 0.188. The third-order valence-corrected chi connectivity index (χ3v) is 5.53. The van der Waals surface area contributed by atoms with Crippen LogP contribution in [0, 0.1) is 11.3 Å². The van der Waals surface area contributed by atoms with Crippen LogP contribution in [0.2, 0.25) is 0 Å². The van der Waals surface area contributed by atoms with Crippen LogP contribution in [0.15, 0.2) is 29.2 Å². The summed E-state index contributed by atoms with van der Waals surface area (Å²) in [5, 5.41) is 12.1. The number of nitrogens with zero attached hydrogens (tertiary/aromatic N) is 2. The van der Waals surface area contributed by atoms with Crippen molar-refractivity contribution in [1.82, 2.24) is 9.62 Å². The van der Waals surface area contributed by atoms with Gasteiger partial charge in [0.25, 0.3) is 0 Å². The number of sulfonamides is 1. The molecule has 0 spiro atoms. The van der Waals surface area contributed by atoms with Gasteiger partial charge in [-0.15, -0.1) is 0 Å². The van der Waals surface area contributed by atoms with Gasteiger partial charge in [-0.1, -0.05) is 6.07 Å². The highest BCUT2D eigenvalue weighted by atomic mass is 32.2. The Hall–Kier alpha value is -1.42. The molecular formula is C13H17N3O2S. The largest absolute Gasteiger partial charge is 0.311 e. The number of benzene rings is 1. The molecule has 2 unspecified atom stereocenters. The van der Waals surface area contributed by atoms with Crippen molar-refractivity contribution in [2.24, 2.45) is 0 Å². The maximum Gasteiger partial charge on any atom is 0.243 e. The first-order chi connectivity index (χ1) is 8.96. The van der Waals surface area contributed by atoms with Crippen LogP contribution < -0.4 is 5.32 Å². The lowest BCUT2D eigenvalue weighted by Crippen LogP contribution is -2.57. The van der Waals surface area contributed by atoms with Gasteiger partial charge in [-0.2, -0.15) is 9.57 Å². The summed E-state index contributed by atoms with van der Waals surface area (Å²) in [6.07, 6.45) is 0. The quantitative estimate of drug-likeness (QED) is 0.874. The van der Waals surface area contributed by atoms with Crippen molar-refractivity contribution in [2.75, 3.05) is 13.1 Å². The highest BCUT2D eigenvalue weighted by Crippen LogP contribution is 2.22. The van der Waals surface area contributed by atoms with Gasteiger partial charge in [-0.05, 0) is 32.0 Å². The minimum Gasteiger partial charge on any atom is -0.311 e.